The number of benzene rings is 1. The van der Waals surface area contributed by atoms with Gasteiger partial charge in [0.15, 0.2) is 0 Å². The Labute approximate surface area is 88.1 Å². The molecule has 0 saturated heterocycles. The number of hydrogen-bond donors (Lipinski definition) is 3. The van der Waals surface area contributed by atoms with Crippen LogP contribution < -0.4 is 11.5 Å². The molecule has 0 radical (unpaired) electrons. The van der Waals surface area contributed by atoms with Crippen LogP contribution in [0.3, 0.4) is 0 Å². The minimum Gasteiger partial charge on any atom is -0.508 e. The highest BCUT2D eigenvalue weighted by Crippen LogP contribution is 2.17. The van der Waals surface area contributed by atoms with Gasteiger partial charge in [-0.3, -0.25) is 0 Å². The van der Waals surface area contributed by atoms with E-state index in [1.165, 1.54) is 0 Å². The van der Waals surface area contributed by atoms with Crippen molar-refractivity contribution in [2.24, 2.45) is 21.7 Å². The standard InChI is InChI=1S/C10H14N4O/c1-6-5-8(3-4-9(6)15)7(2)13-14-10(11)12/h3-5,15H,1-2H3,(H4,11,12,14)/b13-7+. The zero-order valence-electron chi connectivity index (χ0n) is 8.73. The smallest absolute Gasteiger partial charge is 0.211 e. The van der Waals surface area contributed by atoms with Gasteiger partial charge >= 0.3 is 0 Å². The summed E-state index contributed by atoms with van der Waals surface area (Å²) in [7, 11) is 0. The predicted molar refractivity (Wildman–Crippen MR) is 60.9 cm³/mol. The summed E-state index contributed by atoms with van der Waals surface area (Å²) in [5, 5.41) is 16.7. The average molecular weight is 206 g/mol. The summed E-state index contributed by atoms with van der Waals surface area (Å²) in [6, 6.07) is 5.18. The lowest BCUT2D eigenvalue weighted by Gasteiger charge is -2.02. The molecule has 0 unspecified atom stereocenters. The minimum absolute atomic E-state index is 0.0788. The van der Waals surface area contributed by atoms with Gasteiger partial charge in [-0.1, -0.05) is 0 Å². The third-order valence-corrected chi connectivity index (χ3v) is 1.93. The van der Waals surface area contributed by atoms with Crippen molar-refractivity contribution >= 4 is 11.7 Å². The van der Waals surface area contributed by atoms with Crippen molar-refractivity contribution in [2.45, 2.75) is 13.8 Å². The SMILES string of the molecule is C/C(=N\N=C(N)N)c1ccc(O)c(C)c1. The summed E-state index contributed by atoms with van der Waals surface area (Å²) in [6.45, 7) is 3.60. The minimum atomic E-state index is -0.0788. The molecule has 0 bridgehead atoms. The second-order valence-electron chi connectivity index (χ2n) is 3.21. The number of guanidine groups is 1. The van der Waals surface area contributed by atoms with E-state index in [2.05, 4.69) is 10.2 Å². The topological polar surface area (TPSA) is 97.0 Å². The maximum atomic E-state index is 9.34. The molecule has 5 nitrogen and oxygen atoms in total. The van der Waals surface area contributed by atoms with E-state index in [4.69, 9.17) is 11.5 Å². The fourth-order valence-electron chi connectivity index (χ4n) is 1.07. The van der Waals surface area contributed by atoms with Gasteiger partial charge in [0, 0.05) is 0 Å². The van der Waals surface area contributed by atoms with E-state index in [1.54, 1.807) is 19.1 Å². The third kappa shape index (κ3) is 2.98. The molecule has 0 aromatic heterocycles. The Hall–Kier alpha value is -2.04. The summed E-state index contributed by atoms with van der Waals surface area (Å²) < 4.78 is 0. The molecule has 1 aromatic carbocycles. The summed E-state index contributed by atoms with van der Waals surface area (Å²) in [5.74, 6) is 0.179. The van der Waals surface area contributed by atoms with E-state index >= 15 is 0 Å². The van der Waals surface area contributed by atoms with Gasteiger partial charge in [0.2, 0.25) is 5.96 Å². The van der Waals surface area contributed by atoms with Crippen molar-refractivity contribution in [3.05, 3.63) is 29.3 Å². The Morgan fingerprint density at radius 2 is 1.93 bits per heavy atom. The molecule has 0 saturated carbocycles. The third-order valence-electron chi connectivity index (χ3n) is 1.93. The number of nitrogens with two attached hydrogens (primary N) is 2. The number of rotatable bonds is 2. The highest BCUT2D eigenvalue weighted by atomic mass is 16.3. The second kappa shape index (κ2) is 4.45. The fourth-order valence-corrected chi connectivity index (χ4v) is 1.07. The molecule has 1 rings (SSSR count). The Morgan fingerprint density at radius 3 is 2.47 bits per heavy atom. The van der Waals surface area contributed by atoms with Gasteiger partial charge in [-0.25, -0.2) is 0 Å². The van der Waals surface area contributed by atoms with E-state index < -0.39 is 0 Å². The zero-order chi connectivity index (χ0) is 11.4. The van der Waals surface area contributed by atoms with Crippen LogP contribution in [0, 0.1) is 6.92 Å². The molecular formula is C10H14N4O. The largest absolute Gasteiger partial charge is 0.508 e. The molecule has 0 spiro atoms. The summed E-state index contributed by atoms with van der Waals surface area (Å²) in [5.41, 5.74) is 12.6. The molecule has 80 valence electrons. The van der Waals surface area contributed by atoms with Crippen LogP contribution in [0.25, 0.3) is 0 Å². The number of phenols is 1. The molecule has 0 fully saturated rings. The van der Waals surface area contributed by atoms with Crippen LogP contribution in [-0.4, -0.2) is 16.8 Å². The summed E-state index contributed by atoms with van der Waals surface area (Å²) >= 11 is 0. The lowest BCUT2D eigenvalue weighted by Crippen LogP contribution is -2.22. The molecule has 5 heteroatoms. The molecule has 0 atom stereocenters. The van der Waals surface area contributed by atoms with E-state index in [0.717, 1.165) is 11.1 Å². The Kier molecular flexibility index (Phi) is 3.28. The molecule has 0 heterocycles. The summed E-state index contributed by atoms with van der Waals surface area (Å²) in [4.78, 5) is 0. The lowest BCUT2D eigenvalue weighted by atomic mass is 10.1. The molecule has 1 aromatic rings. The van der Waals surface area contributed by atoms with Gasteiger partial charge < -0.3 is 16.6 Å². The van der Waals surface area contributed by atoms with Crippen LogP contribution in [0.2, 0.25) is 0 Å². The van der Waals surface area contributed by atoms with Gasteiger partial charge in [-0.15, -0.1) is 5.10 Å². The van der Waals surface area contributed by atoms with Gasteiger partial charge in [0.1, 0.15) is 5.75 Å². The average Bonchev–Trinajstić information content (AvgIpc) is 2.18. The van der Waals surface area contributed by atoms with E-state index in [9.17, 15) is 5.11 Å². The molecule has 0 aliphatic rings. The lowest BCUT2D eigenvalue weighted by molar-refractivity contribution is 0.471. The van der Waals surface area contributed by atoms with E-state index in [0.29, 0.717) is 5.71 Å². The summed E-state index contributed by atoms with van der Waals surface area (Å²) in [6.07, 6.45) is 0. The van der Waals surface area contributed by atoms with Crippen LogP contribution in [0.15, 0.2) is 28.4 Å². The van der Waals surface area contributed by atoms with Crippen molar-refractivity contribution in [3.8, 4) is 5.75 Å². The molecular weight excluding hydrogens is 192 g/mol. The monoisotopic (exact) mass is 206 g/mol. The number of aromatic hydroxyl groups is 1. The van der Waals surface area contributed by atoms with Crippen molar-refractivity contribution in [1.82, 2.24) is 0 Å². The Bertz CT molecular complexity index is 419. The van der Waals surface area contributed by atoms with Gasteiger partial charge in [-0.05, 0) is 43.2 Å². The van der Waals surface area contributed by atoms with E-state index in [-0.39, 0.29) is 11.7 Å². The number of aryl methyl sites for hydroxylation is 1. The molecule has 15 heavy (non-hydrogen) atoms. The molecule has 0 aliphatic heterocycles. The highest BCUT2D eigenvalue weighted by molar-refractivity contribution is 5.99. The predicted octanol–water partition coefficient (Wildman–Crippen LogP) is 0.698. The van der Waals surface area contributed by atoms with Gasteiger partial charge in [0.25, 0.3) is 0 Å². The van der Waals surface area contributed by atoms with Crippen molar-refractivity contribution < 1.29 is 5.11 Å². The first-order valence-corrected chi connectivity index (χ1v) is 4.44. The Morgan fingerprint density at radius 1 is 1.27 bits per heavy atom. The van der Waals surface area contributed by atoms with Crippen LogP contribution >= 0.6 is 0 Å². The number of phenolic OH excluding ortho intramolecular Hbond substituents is 1. The maximum Gasteiger partial charge on any atom is 0.211 e. The quantitative estimate of drug-likeness (QED) is 0.377. The highest BCUT2D eigenvalue weighted by Gasteiger charge is 2.00. The first-order chi connectivity index (χ1) is 7.00. The number of nitrogens with zero attached hydrogens (tertiary/aromatic N) is 2. The molecule has 0 aliphatic carbocycles. The molecule has 0 amide bonds. The second-order valence-corrected chi connectivity index (χ2v) is 3.21. The van der Waals surface area contributed by atoms with Gasteiger partial charge in [0.05, 0.1) is 5.71 Å². The fraction of sp³-hybridized carbons (Fsp3) is 0.200. The van der Waals surface area contributed by atoms with Gasteiger partial charge in [-0.2, -0.15) is 5.10 Å². The van der Waals surface area contributed by atoms with Crippen molar-refractivity contribution in [3.63, 3.8) is 0 Å². The van der Waals surface area contributed by atoms with Crippen LogP contribution in [0.5, 0.6) is 5.75 Å². The van der Waals surface area contributed by atoms with Crippen LogP contribution in [0.4, 0.5) is 0 Å². The van der Waals surface area contributed by atoms with Crippen LogP contribution in [-0.2, 0) is 0 Å². The first kappa shape index (κ1) is 11.0. The van der Waals surface area contributed by atoms with Crippen molar-refractivity contribution in [2.75, 3.05) is 0 Å². The molecule has 5 N–H and O–H groups in total. The zero-order valence-corrected chi connectivity index (χ0v) is 8.73. The number of hydrogen-bond acceptors (Lipinski definition) is 3. The maximum absolute atomic E-state index is 9.34. The van der Waals surface area contributed by atoms with E-state index in [1.807, 2.05) is 13.0 Å². The Balaban J connectivity index is 3.02. The first-order valence-electron chi connectivity index (χ1n) is 4.44. The van der Waals surface area contributed by atoms with Crippen LogP contribution in [0.1, 0.15) is 18.1 Å². The normalized spacial score (nSPS) is 11.2. The van der Waals surface area contributed by atoms with Crippen molar-refractivity contribution in [1.29, 1.82) is 0 Å².